The van der Waals surface area contributed by atoms with Crippen LogP contribution in [0.2, 0.25) is 0 Å². The van der Waals surface area contributed by atoms with E-state index >= 15 is 0 Å². The van der Waals surface area contributed by atoms with Crippen molar-refractivity contribution in [2.75, 3.05) is 13.2 Å². The van der Waals surface area contributed by atoms with Crippen LogP contribution in [0.5, 0.6) is 0 Å². The van der Waals surface area contributed by atoms with E-state index in [9.17, 15) is 19.0 Å². The molecule has 2 amide bonds. The molecule has 40 heavy (non-hydrogen) atoms. The summed E-state index contributed by atoms with van der Waals surface area (Å²) in [5, 5.41) is 5.50. The number of hydrogen-bond acceptors (Lipinski definition) is 3. The molecule has 7 heteroatoms. The van der Waals surface area contributed by atoms with E-state index in [4.69, 9.17) is 0 Å². The fraction of sp³-hybridized carbons (Fsp3) is 0.394. The molecule has 0 aromatic heterocycles. The van der Waals surface area contributed by atoms with Crippen molar-refractivity contribution in [3.05, 3.63) is 107 Å². The average Bonchev–Trinajstić information content (AvgIpc) is 2.91. The van der Waals surface area contributed by atoms with Crippen LogP contribution in [0.3, 0.4) is 0 Å². The Morgan fingerprint density at radius 2 is 1.38 bits per heavy atom. The van der Waals surface area contributed by atoms with Crippen LogP contribution < -0.4 is 10.6 Å². The summed E-state index contributed by atoms with van der Waals surface area (Å²) in [6, 6.07) is 25.2. The molecule has 3 rings (SSSR count). The van der Waals surface area contributed by atoms with Gasteiger partial charge in [0.25, 0.3) is 0 Å². The summed E-state index contributed by atoms with van der Waals surface area (Å²) in [6.45, 7) is 7.70. The average molecular weight is 563 g/mol. The summed E-state index contributed by atoms with van der Waals surface area (Å²) in [5.41, 5.74) is 4.85. The monoisotopic (exact) mass is 562 g/mol. The van der Waals surface area contributed by atoms with Gasteiger partial charge in [-0.25, -0.2) is 0 Å². The molecule has 3 N–H and O–H groups in total. The molecule has 3 aromatic rings. The van der Waals surface area contributed by atoms with E-state index in [2.05, 4.69) is 41.8 Å². The van der Waals surface area contributed by atoms with Gasteiger partial charge in [-0.2, -0.15) is 0 Å². The number of hydrogen-bond donors (Lipinski definition) is 3. The topological polar surface area (TPSA) is 95.5 Å². The Morgan fingerprint density at radius 1 is 0.825 bits per heavy atom. The Bertz CT molecular complexity index is 1300. The van der Waals surface area contributed by atoms with Gasteiger partial charge in [-0.05, 0) is 53.9 Å². The maximum absolute atomic E-state index is 13.5. The van der Waals surface area contributed by atoms with Crippen LogP contribution in [-0.2, 0) is 33.2 Å². The van der Waals surface area contributed by atoms with Crippen LogP contribution in [0, 0.1) is 18.3 Å². The third-order valence-corrected chi connectivity index (χ3v) is 9.01. The van der Waals surface area contributed by atoms with E-state index in [1.165, 1.54) is 18.2 Å². The summed E-state index contributed by atoms with van der Waals surface area (Å²) in [5.74, 6) is -1.38. The highest BCUT2D eigenvalue weighted by Crippen LogP contribution is 2.47. The number of rotatable bonds is 12. The predicted octanol–water partition coefficient (Wildman–Crippen LogP) is 5.88. The lowest BCUT2D eigenvalue weighted by Crippen LogP contribution is -2.54. The Kier molecular flexibility index (Phi) is 10.9. The van der Waals surface area contributed by atoms with Crippen molar-refractivity contribution in [2.45, 2.75) is 59.2 Å². The first kappa shape index (κ1) is 31.3. The highest BCUT2D eigenvalue weighted by atomic mass is 31.2. The fourth-order valence-electron chi connectivity index (χ4n) is 4.77. The molecule has 3 atom stereocenters. The molecule has 0 bridgehead atoms. The van der Waals surface area contributed by atoms with Crippen molar-refractivity contribution in [1.29, 1.82) is 0 Å². The first-order valence-corrected chi connectivity index (χ1v) is 15.9. The molecule has 6 nitrogen and oxygen atoms in total. The molecule has 0 spiro atoms. The molecule has 0 aliphatic heterocycles. The molecule has 0 saturated carbocycles. The summed E-state index contributed by atoms with van der Waals surface area (Å²) in [6.07, 6.45) is 1.62. The third kappa shape index (κ3) is 9.76. The molecule has 0 aliphatic rings. The van der Waals surface area contributed by atoms with Gasteiger partial charge in [0, 0.05) is 25.3 Å². The Morgan fingerprint density at radius 3 is 1.93 bits per heavy atom. The van der Waals surface area contributed by atoms with E-state index in [-0.39, 0.29) is 24.1 Å². The normalized spacial score (nSPS) is 14.6. The van der Waals surface area contributed by atoms with Gasteiger partial charge in [0.2, 0.25) is 19.2 Å². The summed E-state index contributed by atoms with van der Waals surface area (Å²) >= 11 is 0. The van der Waals surface area contributed by atoms with Crippen molar-refractivity contribution >= 4 is 19.2 Å². The van der Waals surface area contributed by atoms with Gasteiger partial charge in [-0.3, -0.25) is 14.2 Å². The molecule has 0 heterocycles. The molecule has 214 valence electrons. The van der Waals surface area contributed by atoms with Gasteiger partial charge in [-0.1, -0.05) is 105 Å². The van der Waals surface area contributed by atoms with Crippen molar-refractivity contribution in [1.82, 2.24) is 10.6 Å². The summed E-state index contributed by atoms with van der Waals surface area (Å²) in [4.78, 5) is 37.1. The number of carbonyl (C=O) groups excluding carboxylic acids is 2. The SMILES string of the molecule is CNC(=O)[C@@H](NC(=O)C(CCc1ccccc1)CP(=O)(O)Cc1ccc(Cc2ccc(C)cc2)cc1)C(C)(C)C. The minimum atomic E-state index is -3.71. The molecular formula is C33H43N2O4P. The fourth-order valence-corrected chi connectivity index (χ4v) is 6.72. The highest BCUT2D eigenvalue weighted by molar-refractivity contribution is 7.57. The number of likely N-dealkylation sites (N-methyl/N-ethyl adjacent to an activating group) is 1. The standard InChI is InChI=1S/C33H43N2O4P/c1-24-11-13-26(14-12-24)21-27-15-17-28(18-16-27)22-40(38,39)23-29(20-19-25-9-7-6-8-10-25)31(36)35-30(32(37)34-5)33(2,3)4/h6-18,29-30H,19-23H2,1-5H3,(H,34,37)(H,35,36)(H,38,39)/t29?,30-/m1/s1. The quantitative estimate of drug-likeness (QED) is 0.240. The van der Waals surface area contributed by atoms with E-state index in [1.54, 1.807) is 0 Å². The molecule has 2 unspecified atom stereocenters. The molecule has 0 saturated heterocycles. The maximum atomic E-state index is 13.5. The van der Waals surface area contributed by atoms with Gasteiger partial charge < -0.3 is 15.5 Å². The van der Waals surface area contributed by atoms with Crippen LogP contribution in [0.4, 0.5) is 0 Å². The van der Waals surface area contributed by atoms with Crippen molar-refractivity contribution < 1.29 is 19.0 Å². The van der Waals surface area contributed by atoms with E-state index in [0.29, 0.717) is 12.8 Å². The Hall–Kier alpha value is -3.21. The predicted molar refractivity (Wildman–Crippen MR) is 163 cm³/mol. The number of aryl methyl sites for hydroxylation is 2. The third-order valence-electron chi connectivity index (χ3n) is 7.14. The number of benzene rings is 3. The van der Waals surface area contributed by atoms with Gasteiger partial charge in [0.15, 0.2) is 0 Å². The van der Waals surface area contributed by atoms with E-state index < -0.39 is 24.7 Å². The van der Waals surface area contributed by atoms with Crippen molar-refractivity contribution in [3.8, 4) is 0 Å². The number of carbonyl (C=O) groups is 2. The minimum absolute atomic E-state index is 0.00885. The molecule has 0 fully saturated rings. The van der Waals surface area contributed by atoms with Crippen molar-refractivity contribution in [2.24, 2.45) is 11.3 Å². The minimum Gasteiger partial charge on any atom is -0.357 e. The molecule has 0 aliphatic carbocycles. The lowest BCUT2D eigenvalue weighted by molar-refractivity contribution is -0.133. The van der Waals surface area contributed by atoms with E-state index in [0.717, 1.165) is 23.1 Å². The highest BCUT2D eigenvalue weighted by Gasteiger charge is 2.36. The summed E-state index contributed by atoms with van der Waals surface area (Å²) in [7, 11) is -2.17. The lowest BCUT2D eigenvalue weighted by Gasteiger charge is -2.31. The zero-order valence-corrected chi connectivity index (χ0v) is 25.2. The van der Waals surface area contributed by atoms with Crippen LogP contribution in [0.1, 0.15) is 55.0 Å². The second-order valence-corrected chi connectivity index (χ2v) is 14.2. The van der Waals surface area contributed by atoms with Crippen LogP contribution in [-0.4, -0.2) is 36.0 Å². The van der Waals surface area contributed by atoms with Crippen LogP contribution in [0.15, 0.2) is 78.9 Å². The molecule has 3 aromatic carbocycles. The molecular weight excluding hydrogens is 519 g/mol. The summed E-state index contributed by atoms with van der Waals surface area (Å²) < 4.78 is 13.5. The zero-order chi connectivity index (χ0) is 29.3. The first-order valence-electron chi connectivity index (χ1n) is 13.9. The van der Waals surface area contributed by atoms with Crippen LogP contribution >= 0.6 is 7.37 Å². The molecule has 0 radical (unpaired) electrons. The Balaban J connectivity index is 1.73. The number of amides is 2. The zero-order valence-electron chi connectivity index (χ0n) is 24.3. The Labute approximate surface area is 239 Å². The first-order chi connectivity index (χ1) is 18.9. The second kappa shape index (κ2) is 13.9. The van der Waals surface area contributed by atoms with Gasteiger partial charge in [0.05, 0.1) is 0 Å². The van der Waals surface area contributed by atoms with Gasteiger partial charge in [0.1, 0.15) is 6.04 Å². The lowest BCUT2D eigenvalue weighted by atomic mass is 9.85. The number of nitrogens with one attached hydrogen (secondary N) is 2. The largest absolute Gasteiger partial charge is 0.357 e. The van der Waals surface area contributed by atoms with Gasteiger partial charge in [-0.15, -0.1) is 0 Å². The van der Waals surface area contributed by atoms with Crippen LogP contribution in [0.25, 0.3) is 0 Å². The second-order valence-electron chi connectivity index (χ2n) is 11.8. The maximum Gasteiger partial charge on any atom is 0.242 e. The van der Waals surface area contributed by atoms with E-state index in [1.807, 2.05) is 75.4 Å². The van der Waals surface area contributed by atoms with Crippen molar-refractivity contribution in [3.63, 3.8) is 0 Å². The van der Waals surface area contributed by atoms with Gasteiger partial charge >= 0.3 is 0 Å². The smallest absolute Gasteiger partial charge is 0.242 e.